The Morgan fingerprint density at radius 1 is 1.25 bits per heavy atom. The van der Waals surface area contributed by atoms with Crippen molar-refractivity contribution in [3.8, 4) is 5.75 Å². The number of nitrogens with zero attached hydrogens (tertiary/aromatic N) is 2. The van der Waals surface area contributed by atoms with Gasteiger partial charge in [0.05, 0.1) is 16.9 Å². The summed E-state index contributed by atoms with van der Waals surface area (Å²) >= 11 is 6.70. The highest BCUT2D eigenvalue weighted by atomic mass is 35.6. The molecule has 1 aromatic carbocycles. The molecular weight excluding hydrogens is 392 g/mol. The lowest BCUT2D eigenvalue weighted by atomic mass is 10.1. The SMILES string of the molecule is CC[Si](Cl)(CC)Oc1cc(C)oc(=O)c1C(C)=Nc1cccc2cccnc12. The van der Waals surface area contributed by atoms with Crippen molar-refractivity contribution in [2.75, 3.05) is 0 Å². The van der Waals surface area contributed by atoms with Gasteiger partial charge in [-0.25, -0.2) is 4.79 Å². The third-order valence-corrected chi connectivity index (χ3v) is 9.18. The zero-order valence-electron chi connectivity index (χ0n) is 16.5. The second-order valence-corrected chi connectivity index (χ2v) is 12.1. The summed E-state index contributed by atoms with van der Waals surface area (Å²) in [5, 5.41) is 0.980. The molecule has 2 aromatic heterocycles. The zero-order chi connectivity index (χ0) is 20.3. The molecule has 0 atom stereocenters. The van der Waals surface area contributed by atoms with Crippen molar-refractivity contribution in [1.29, 1.82) is 0 Å². The van der Waals surface area contributed by atoms with Crippen LogP contribution in [-0.4, -0.2) is 18.3 Å². The molecule has 7 heteroatoms. The molecule has 3 rings (SSSR count). The molecule has 0 aliphatic heterocycles. The van der Waals surface area contributed by atoms with E-state index in [-0.39, 0.29) is 0 Å². The molecule has 0 radical (unpaired) electrons. The highest BCUT2D eigenvalue weighted by Gasteiger charge is 2.32. The summed E-state index contributed by atoms with van der Waals surface area (Å²) in [7, 11) is -2.47. The summed E-state index contributed by atoms with van der Waals surface area (Å²) < 4.78 is 11.5. The van der Waals surface area contributed by atoms with Crippen LogP contribution in [0.1, 0.15) is 32.1 Å². The van der Waals surface area contributed by atoms with Crippen molar-refractivity contribution < 1.29 is 8.84 Å². The standard InChI is InChI=1S/C21H23ClN2O3Si/c1-5-28(22,6-2)27-18-13-14(3)26-21(25)19(18)15(4)24-17-11-7-9-16-10-8-12-23-20(16)17/h7-13H,5-6H2,1-4H3. The van der Waals surface area contributed by atoms with Crippen LogP contribution in [0, 0.1) is 6.92 Å². The Balaban J connectivity index is 2.14. The smallest absolute Gasteiger partial charge is 0.348 e. The Kier molecular flexibility index (Phi) is 6.01. The van der Waals surface area contributed by atoms with E-state index >= 15 is 0 Å². The van der Waals surface area contributed by atoms with Gasteiger partial charge in [0.1, 0.15) is 17.1 Å². The minimum absolute atomic E-state index is 0.304. The van der Waals surface area contributed by atoms with Gasteiger partial charge in [-0.1, -0.05) is 32.0 Å². The van der Waals surface area contributed by atoms with Gasteiger partial charge in [0.2, 0.25) is 0 Å². The molecule has 0 saturated carbocycles. The lowest BCUT2D eigenvalue weighted by Crippen LogP contribution is -2.35. The van der Waals surface area contributed by atoms with Crippen LogP contribution >= 0.6 is 11.1 Å². The maximum atomic E-state index is 12.6. The van der Waals surface area contributed by atoms with Crippen LogP contribution in [0.3, 0.4) is 0 Å². The Labute approximate surface area is 169 Å². The van der Waals surface area contributed by atoms with Gasteiger partial charge < -0.3 is 8.84 Å². The van der Waals surface area contributed by atoms with Crippen molar-refractivity contribution in [1.82, 2.24) is 4.98 Å². The molecular formula is C21H23ClN2O3Si. The average Bonchev–Trinajstić information content (AvgIpc) is 2.67. The van der Waals surface area contributed by atoms with E-state index in [4.69, 9.17) is 19.9 Å². The van der Waals surface area contributed by atoms with E-state index in [9.17, 15) is 4.79 Å². The number of benzene rings is 1. The van der Waals surface area contributed by atoms with Crippen LogP contribution in [-0.2, 0) is 0 Å². The first-order valence-electron chi connectivity index (χ1n) is 9.29. The van der Waals surface area contributed by atoms with Crippen LogP contribution in [0.4, 0.5) is 5.69 Å². The largest absolute Gasteiger partial charge is 0.528 e. The predicted molar refractivity (Wildman–Crippen MR) is 117 cm³/mol. The van der Waals surface area contributed by atoms with Gasteiger partial charge in [-0.05, 0) is 38.1 Å². The van der Waals surface area contributed by atoms with Gasteiger partial charge in [0.15, 0.2) is 0 Å². The van der Waals surface area contributed by atoms with Crippen LogP contribution in [0.25, 0.3) is 10.9 Å². The highest BCUT2D eigenvalue weighted by molar-refractivity contribution is 7.17. The van der Waals surface area contributed by atoms with E-state index in [1.807, 2.05) is 44.2 Å². The number of hydrogen-bond donors (Lipinski definition) is 0. The number of aromatic nitrogens is 1. The minimum Gasteiger partial charge on any atom is -0.528 e. The van der Waals surface area contributed by atoms with Gasteiger partial charge in [-0.2, -0.15) is 0 Å². The van der Waals surface area contributed by atoms with Gasteiger partial charge in [0, 0.05) is 17.6 Å². The van der Waals surface area contributed by atoms with Gasteiger partial charge in [0.25, 0.3) is 0 Å². The number of aliphatic imine (C=N–C) groups is 1. The fraction of sp³-hybridized carbons (Fsp3) is 0.286. The fourth-order valence-electron chi connectivity index (χ4n) is 3.00. The topological polar surface area (TPSA) is 64.7 Å². The first kappa shape index (κ1) is 20.3. The summed E-state index contributed by atoms with van der Waals surface area (Å²) in [6, 6.07) is 12.8. The van der Waals surface area contributed by atoms with E-state index in [1.54, 1.807) is 26.1 Å². The lowest BCUT2D eigenvalue weighted by Gasteiger charge is -2.24. The number of halogens is 1. The number of hydrogen-bond acceptors (Lipinski definition) is 5. The highest BCUT2D eigenvalue weighted by Crippen LogP contribution is 2.30. The molecule has 0 fully saturated rings. The minimum atomic E-state index is -2.47. The number of para-hydroxylation sites is 1. The Morgan fingerprint density at radius 3 is 2.68 bits per heavy atom. The molecule has 0 saturated heterocycles. The molecule has 0 amide bonds. The maximum absolute atomic E-state index is 12.6. The predicted octanol–water partition coefficient (Wildman–Crippen LogP) is 5.74. The van der Waals surface area contributed by atoms with E-state index in [1.165, 1.54) is 0 Å². The zero-order valence-corrected chi connectivity index (χ0v) is 18.2. The third kappa shape index (κ3) is 4.18. The number of aryl methyl sites for hydroxylation is 1. The lowest BCUT2D eigenvalue weighted by molar-refractivity contribution is 0.460. The molecule has 5 nitrogen and oxygen atoms in total. The Morgan fingerprint density at radius 2 is 1.96 bits per heavy atom. The van der Waals surface area contributed by atoms with Crippen molar-refractivity contribution in [2.24, 2.45) is 4.99 Å². The molecule has 146 valence electrons. The molecule has 0 unspecified atom stereocenters. The van der Waals surface area contributed by atoms with Crippen molar-refractivity contribution in [3.05, 3.63) is 64.3 Å². The van der Waals surface area contributed by atoms with E-state index in [2.05, 4.69) is 9.98 Å². The number of rotatable bonds is 6. The monoisotopic (exact) mass is 414 g/mol. The van der Waals surface area contributed by atoms with E-state index < -0.39 is 13.3 Å². The van der Waals surface area contributed by atoms with Crippen molar-refractivity contribution >= 4 is 41.0 Å². The van der Waals surface area contributed by atoms with Crippen LogP contribution in [0.2, 0.25) is 12.1 Å². The first-order valence-corrected chi connectivity index (χ1v) is 12.6. The summed E-state index contributed by atoms with van der Waals surface area (Å²) in [6.07, 6.45) is 1.72. The Hall–Kier alpha value is -2.44. The average molecular weight is 415 g/mol. The van der Waals surface area contributed by atoms with Gasteiger partial charge in [-0.3, -0.25) is 9.98 Å². The van der Waals surface area contributed by atoms with Crippen LogP contribution < -0.4 is 10.1 Å². The summed E-state index contributed by atoms with van der Waals surface area (Å²) in [5.74, 6) is 0.914. The molecule has 0 aliphatic rings. The first-order chi connectivity index (χ1) is 13.4. The summed E-state index contributed by atoms with van der Waals surface area (Å²) in [5.41, 5.74) is 1.78. The third-order valence-electron chi connectivity index (χ3n) is 4.65. The van der Waals surface area contributed by atoms with Crippen LogP contribution in [0.5, 0.6) is 5.75 Å². The van der Waals surface area contributed by atoms with Gasteiger partial charge >= 0.3 is 13.3 Å². The van der Waals surface area contributed by atoms with Crippen molar-refractivity contribution in [3.63, 3.8) is 0 Å². The maximum Gasteiger partial charge on any atom is 0.348 e. The van der Waals surface area contributed by atoms with Crippen molar-refractivity contribution in [2.45, 2.75) is 39.8 Å². The molecule has 0 bridgehead atoms. The molecule has 3 aromatic rings. The summed E-state index contributed by atoms with van der Waals surface area (Å²) in [4.78, 5) is 21.7. The Bertz CT molecular complexity index is 1090. The van der Waals surface area contributed by atoms with Gasteiger partial charge in [-0.15, -0.1) is 11.1 Å². The number of fused-ring (bicyclic) bond motifs is 1. The van der Waals surface area contributed by atoms with E-state index in [0.717, 1.165) is 23.0 Å². The quantitative estimate of drug-likeness (QED) is 0.293. The normalized spacial score (nSPS) is 12.4. The van der Waals surface area contributed by atoms with E-state index in [0.29, 0.717) is 28.5 Å². The fourth-order valence-corrected chi connectivity index (χ4v) is 4.59. The molecule has 28 heavy (non-hydrogen) atoms. The molecule has 0 N–H and O–H groups in total. The molecule has 0 spiro atoms. The second kappa shape index (κ2) is 8.28. The molecule has 2 heterocycles. The second-order valence-electron chi connectivity index (χ2n) is 6.63. The summed E-state index contributed by atoms with van der Waals surface area (Å²) in [6.45, 7) is 7.49. The van der Waals surface area contributed by atoms with Crippen LogP contribution in [0.15, 0.2) is 56.8 Å². The number of pyridine rings is 1. The molecule has 0 aliphatic carbocycles.